The minimum atomic E-state index is -0.583. The zero-order valence-electron chi connectivity index (χ0n) is 16.1. The summed E-state index contributed by atoms with van der Waals surface area (Å²) in [5, 5.41) is 8.03. The maximum absolute atomic E-state index is 12.0. The van der Waals surface area contributed by atoms with E-state index in [2.05, 4.69) is 23.3 Å². The minimum Gasteiger partial charge on any atom is -0.464 e. The molecule has 0 saturated carbocycles. The molecule has 0 heterocycles. The molecule has 2 aromatic carbocycles. The summed E-state index contributed by atoms with van der Waals surface area (Å²) in [6.07, 6.45) is 0.918. The molecule has 0 aliphatic rings. The molecule has 2 rings (SSSR count). The van der Waals surface area contributed by atoms with Crippen LogP contribution in [0.4, 0.5) is 0 Å². The van der Waals surface area contributed by atoms with Crippen LogP contribution in [0.2, 0.25) is 0 Å². The van der Waals surface area contributed by atoms with Gasteiger partial charge in [-0.2, -0.15) is 0 Å². The zero-order valence-corrected chi connectivity index (χ0v) is 16.1. The fraction of sp³-hybridized carbons (Fsp3) is 0.286. The van der Waals surface area contributed by atoms with Gasteiger partial charge in [-0.05, 0) is 18.9 Å². The number of carbonyl (C=O) groups is 1. The highest BCUT2D eigenvalue weighted by Crippen LogP contribution is 2.15. The van der Waals surface area contributed by atoms with E-state index in [1.165, 1.54) is 19.8 Å². The number of ether oxygens (including phenoxy) is 1. The number of benzene rings is 2. The maximum Gasteiger partial charge on any atom is 0.360 e. The predicted molar refractivity (Wildman–Crippen MR) is 105 cm³/mol. The summed E-state index contributed by atoms with van der Waals surface area (Å²) in [4.78, 5) is 22.3. The van der Waals surface area contributed by atoms with Crippen LogP contribution in [0.5, 0.6) is 0 Å². The van der Waals surface area contributed by atoms with Gasteiger partial charge in [0.05, 0.1) is 12.8 Å². The number of oxime groups is 2. The molecule has 0 unspecified atom stereocenters. The van der Waals surface area contributed by atoms with Gasteiger partial charge in [0, 0.05) is 16.7 Å². The second-order valence-electron chi connectivity index (χ2n) is 5.73. The average molecular weight is 368 g/mol. The highest BCUT2D eigenvalue weighted by Gasteiger charge is 2.19. The Labute approximate surface area is 159 Å². The van der Waals surface area contributed by atoms with E-state index in [1.807, 2.05) is 37.3 Å². The Bertz CT molecular complexity index is 844. The normalized spacial score (nSPS) is 11.9. The number of methoxy groups -OCH3 is 1. The van der Waals surface area contributed by atoms with E-state index in [4.69, 9.17) is 14.4 Å². The summed E-state index contributed by atoms with van der Waals surface area (Å²) < 4.78 is 4.78. The lowest BCUT2D eigenvalue weighted by molar-refractivity contribution is -0.132. The molecule has 0 radical (unpaired) electrons. The van der Waals surface area contributed by atoms with Crippen molar-refractivity contribution in [2.45, 2.75) is 26.9 Å². The summed E-state index contributed by atoms with van der Waals surface area (Å²) in [6, 6.07) is 15.3. The summed E-state index contributed by atoms with van der Waals surface area (Å²) in [5.41, 5.74) is 4.47. The first-order valence-electron chi connectivity index (χ1n) is 8.64. The van der Waals surface area contributed by atoms with E-state index in [-0.39, 0.29) is 12.3 Å². The van der Waals surface area contributed by atoms with Crippen molar-refractivity contribution in [3.8, 4) is 0 Å². The molecule has 0 fully saturated rings. The summed E-state index contributed by atoms with van der Waals surface area (Å²) in [7, 11) is 2.67. The van der Waals surface area contributed by atoms with E-state index in [9.17, 15) is 4.79 Å². The van der Waals surface area contributed by atoms with Gasteiger partial charge in [-0.3, -0.25) is 0 Å². The Hall–Kier alpha value is -3.15. The van der Waals surface area contributed by atoms with Gasteiger partial charge < -0.3 is 14.4 Å². The third-order valence-corrected chi connectivity index (χ3v) is 4.04. The standard InChI is InChI=1S/C21H24N2O4/c1-5-16-10-6-8-12-18(16)15(2)22-27-14-17-11-7-9-13-19(17)20(23-26-4)21(24)25-3/h6-13H,5,14H2,1-4H3/b22-15+,23-20+. The highest BCUT2D eigenvalue weighted by atomic mass is 16.6. The first-order valence-corrected chi connectivity index (χ1v) is 8.64. The van der Waals surface area contributed by atoms with Crippen LogP contribution in [-0.4, -0.2) is 31.6 Å². The molecule has 142 valence electrons. The van der Waals surface area contributed by atoms with Gasteiger partial charge in [-0.1, -0.05) is 65.8 Å². The van der Waals surface area contributed by atoms with Gasteiger partial charge in [-0.25, -0.2) is 4.79 Å². The molecule has 0 amide bonds. The van der Waals surface area contributed by atoms with Crippen LogP contribution in [-0.2, 0) is 32.2 Å². The molecule has 6 heteroatoms. The van der Waals surface area contributed by atoms with Crippen molar-refractivity contribution in [1.29, 1.82) is 0 Å². The number of esters is 1. The van der Waals surface area contributed by atoms with E-state index in [1.54, 1.807) is 12.1 Å². The van der Waals surface area contributed by atoms with Crippen LogP contribution < -0.4 is 0 Å². The molecule has 0 atom stereocenters. The van der Waals surface area contributed by atoms with Gasteiger partial charge >= 0.3 is 5.97 Å². The van der Waals surface area contributed by atoms with Gasteiger partial charge in [0.1, 0.15) is 13.7 Å². The monoisotopic (exact) mass is 368 g/mol. The molecule has 0 aliphatic heterocycles. The lowest BCUT2D eigenvalue weighted by Gasteiger charge is -2.10. The van der Waals surface area contributed by atoms with Crippen molar-refractivity contribution < 1.29 is 19.2 Å². The number of aryl methyl sites for hydroxylation is 1. The summed E-state index contributed by atoms with van der Waals surface area (Å²) >= 11 is 0. The van der Waals surface area contributed by atoms with Crippen LogP contribution in [0.3, 0.4) is 0 Å². The first-order chi connectivity index (χ1) is 13.1. The third-order valence-electron chi connectivity index (χ3n) is 4.04. The molecule has 6 nitrogen and oxygen atoms in total. The lowest BCUT2D eigenvalue weighted by Crippen LogP contribution is -2.19. The van der Waals surface area contributed by atoms with Gasteiger partial charge in [0.2, 0.25) is 0 Å². The van der Waals surface area contributed by atoms with E-state index in [0.717, 1.165) is 23.3 Å². The molecule has 0 saturated heterocycles. The smallest absolute Gasteiger partial charge is 0.360 e. The van der Waals surface area contributed by atoms with Crippen molar-refractivity contribution in [3.63, 3.8) is 0 Å². The largest absolute Gasteiger partial charge is 0.464 e. The van der Waals surface area contributed by atoms with Crippen molar-refractivity contribution in [2.24, 2.45) is 10.3 Å². The molecule has 0 N–H and O–H groups in total. The van der Waals surface area contributed by atoms with Crippen molar-refractivity contribution in [1.82, 2.24) is 0 Å². The maximum atomic E-state index is 12.0. The van der Waals surface area contributed by atoms with Crippen molar-refractivity contribution >= 4 is 17.4 Å². The summed E-state index contributed by atoms with van der Waals surface area (Å²) in [6.45, 7) is 4.20. The Morgan fingerprint density at radius 3 is 2.19 bits per heavy atom. The van der Waals surface area contributed by atoms with E-state index in [0.29, 0.717) is 5.56 Å². The topological polar surface area (TPSA) is 69.5 Å². The van der Waals surface area contributed by atoms with Crippen LogP contribution >= 0.6 is 0 Å². The SMILES string of the molecule is CCc1ccccc1/C(C)=N/OCc1ccccc1/C(=N\OC)C(=O)OC. The van der Waals surface area contributed by atoms with Crippen LogP contribution in [0.1, 0.15) is 36.1 Å². The Morgan fingerprint density at radius 2 is 1.56 bits per heavy atom. The molecule has 0 aliphatic carbocycles. The predicted octanol–water partition coefficient (Wildman–Crippen LogP) is 3.71. The van der Waals surface area contributed by atoms with Gasteiger partial charge in [0.15, 0.2) is 5.71 Å². The molecular formula is C21H24N2O4. The Kier molecular flexibility index (Phi) is 7.55. The zero-order chi connectivity index (χ0) is 19.6. The number of nitrogens with zero attached hydrogens (tertiary/aromatic N) is 2. The van der Waals surface area contributed by atoms with Crippen LogP contribution in [0.15, 0.2) is 58.8 Å². The lowest BCUT2D eigenvalue weighted by atomic mass is 10.0. The summed E-state index contributed by atoms with van der Waals surface area (Å²) in [5.74, 6) is -0.583. The Morgan fingerprint density at radius 1 is 0.926 bits per heavy atom. The molecule has 0 bridgehead atoms. The highest BCUT2D eigenvalue weighted by molar-refractivity contribution is 6.43. The van der Waals surface area contributed by atoms with E-state index >= 15 is 0 Å². The second kappa shape index (κ2) is 10.1. The molecule has 0 spiro atoms. The van der Waals surface area contributed by atoms with Crippen molar-refractivity contribution in [2.75, 3.05) is 14.2 Å². The van der Waals surface area contributed by atoms with Crippen LogP contribution in [0, 0.1) is 0 Å². The van der Waals surface area contributed by atoms with Crippen molar-refractivity contribution in [3.05, 3.63) is 70.8 Å². The molecule has 0 aromatic heterocycles. The fourth-order valence-electron chi connectivity index (χ4n) is 2.69. The minimum absolute atomic E-state index is 0.0798. The molecular weight excluding hydrogens is 344 g/mol. The average Bonchev–Trinajstić information content (AvgIpc) is 2.71. The van der Waals surface area contributed by atoms with Gasteiger partial charge in [0.25, 0.3) is 0 Å². The third kappa shape index (κ3) is 5.17. The second-order valence-corrected chi connectivity index (χ2v) is 5.73. The number of carbonyl (C=O) groups excluding carboxylic acids is 1. The fourth-order valence-corrected chi connectivity index (χ4v) is 2.69. The van der Waals surface area contributed by atoms with Crippen LogP contribution in [0.25, 0.3) is 0 Å². The molecule has 27 heavy (non-hydrogen) atoms. The van der Waals surface area contributed by atoms with Gasteiger partial charge in [-0.15, -0.1) is 0 Å². The number of hydrogen-bond acceptors (Lipinski definition) is 6. The first kappa shape index (κ1) is 20.2. The number of rotatable bonds is 8. The number of hydrogen-bond donors (Lipinski definition) is 0. The van der Waals surface area contributed by atoms with E-state index < -0.39 is 5.97 Å². The molecule has 2 aromatic rings. The Balaban J connectivity index is 2.21. The quantitative estimate of drug-likeness (QED) is 0.405.